The Morgan fingerprint density at radius 3 is 2.33 bits per heavy atom. The van der Waals surface area contributed by atoms with E-state index < -0.39 is 0 Å². The molecule has 0 spiro atoms. The molecule has 104 valence electrons. The van der Waals surface area contributed by atoms with Gasteiger partial charge in [-0.15, -0.1) is 0 Å². The molecule has 5 heteroatoms. The maximum atomic E-state index is 11.9. The Labute approximate surface area is 109 Å². The normalized spacial score (nSPS) is 22.5. The summed E-state index contributed by atoms with van der Waals surface area (Å²) in [5.74, 6) is -0.256. The van der Waals surface area contributed by atoms with Crippen LogP contribution in [0, 0.1) is 11.8 Å². The lowest BCUT2D eigenvalue weighted by atomic mass is 9.77. The van der Waals surface area contributed by atoms with Crippen LogP contribution in [0.3, 0.4) is 0 Å². The zero-order valence-electron chi connectivity index (χ0n) is 10.2. The molecule has 2 N–H and O–H groups in total. The van der Waals surface area contributed by atoms with E-state index in [9.17, 15) is 14.4 Å². The Bertz CT molecular complexity index is 292. The van der Waals surface area contributed by atoms with Crippen molar-refractivity contribution in [2.24, 2.45) is 11.8 Å². The van der Waals surface area contributed by atoms with E-state index in [-0.39, 0.29) is 31.0 Å². The maximum absolute atomic E-state index is 11.9. The van der Waals surface area contributed by atoms with Crippen LogP contribution >= 0.6 is 0 Å². The topological polar surface area (TPSA) is 75.3 Å². The molecule has 0 radical (unpaired) electrons. The maximum Gasteiger partial charge on any atom is 0.223 e. The van der Waals surface area contributed by atoms with Crippen molar-refractivity contribution in [1.82, 2.24) is 10.6 Å². The van der Waals surface area contributed by atoms with Gasteiger partial charge in [0.25, 0.3) is 0 Å². The average molecular weight is 256 g/mol. The van der Waals surface area contributed by atoms with Gasteiger partial charge in [-0.25, -0.2) is 0 Å². The zero-order chi connectivity index (χ0) is 12.7. The second-order valence-electron chi connectivity index (χ2n) is 4.47. The number of Topliss-reactive ketones (excluding diaryl/α,β-unsaturated/α-hetero) is 1. The van der Waals surface area contributed by atoms with Crippen molar-refractivity contribution >= 4 is 18.1 Å². The number of rotatable bonds is 6. The smallest absolute Gasteiger partial charge is 0.223 e. The summed E-state index contributed by atoms with van der Waals surface area (Å²) in [6.07, 6.45) is 4.25. The van der Waals surface area contributed by atoms with Gasteiger partial charge in [0.05, 0.1) is 0 Å². The van der Waals surface area contributed by atoms with Gasteiger partial charge in [0.1, 0.15) is 5.78 Å². The summed E-state index contributed by atoms with van der Waals surface area (Å²) in [4.78, 5) is 33.4. The van der Waals surface area contributed by atoms with Gasteiger partial charge >= 0.3 is 0 Å². The summed E-state index contributed by atoms with van der Waals surface area (Å²) in [6, 6.07) is 0. The predicted octanol–water partition coefficient (Wildman–Crippen LogP) is 0.880. The van der Waals surface area contributed by atoms with E-state index in [1.165, 1.54) is 0 Å². The molecule has 1 rings (SSSR count). The van der Waals surface area contributed by atoms with E-state index in [1.54, 1.807) is 6.92 Å². The molecule has 1 aliphatic carbocycles. The van der Waals surface area contributed by atoms with E-state index in [2.05, 4.69) is 10.6 Å². The molecule has 18 heavy (non-hydrogen) atoms. The number of hydrogen-bond donors (Lipinski definition) is 2. The van der Waals surface area contributed by atoms with E-state index in [0.717, 1.165) is 25.7 Å². The number of nitrogens with one attached hydrogen (secondary N) is 2. The van der Waals surface area contributed by atoms with Crippen molar-refractivity contribution < 1.29 is 14.4 Å². The standard InChI is InChI=1S/C12H20N2O3.CH4/c1-9(16)10-4-2-3-5-11(10)12(17)14-7-6-13-8-15;/h8,10-11H,2-7H2,1H3,(H,13,15)(H,14,17);1H4/t10-,11-;/m0./s1. The molecule has 0 unspecified atom stereocenters. The summed E-state index contributed by atoms with van der Waals surface area (Å²) in [5, 5.41) is 5.24. The molecular formula is C13H24N2O3. The van der Waals surface area contributed by atoms with E-state index in [4.69, 9.17) is 0 Å². The number of amides is 2. The summed E-state index contributed by atoms with van der Waals surface area (Å²) >= 11 is 0. The van der Waals surface area contributed by atoms with Gasteiger partial charge in [0.15, 0.2) is 0 Å². The number of hydrogen-bond acceptors (Lipinski definition) is 3. The summed E-state index contributed by atoms with van der Waals surface area (Å²) in [7, 11) is 0. The van der Waals surface area contributed by atoms with Gasteiger partial charge in [0, 0.05) is 24.9 Å². The first-order valence-corrected chi connectivity index (χ1v) is 6.12. The van der Waals surface area contributed by atoms with Crippen LogP contribution in [0.15, 0.2) is 0 Å². The highest BCUT2D eigenvalue weighted by molar-refractivity contribution is 5.87. The third-order valence-corrected chi connectivity index (χ3v) is 3.28. The van der Waals surface area contributed by atoms with Crippen molar-refractivity contribution in [1.29, 1.82) is 0 Å². The van der Waals surface area contributed by atoms with Gasteiger partial charge in [-0.2, -0.15) is 0 Å². The van der Waals surface area contributed by atoms with Crippen LogP contribution in [-0.4, -0.2) is 31.2 Å². The molecule has 2 amide bonds. The molecule has 0 aromatic carbocycles. The summed E-state index contributed by atoms with van der Waals surface area (Å²) in [6.45, 7) is 2.40. The quantitative estimate of drug-likeness (QED) is 0.547. The fourth-order valence-corrected chi connectivity index (χ4v) is 2.38. The summed E-state index contributed by atoms with van der Waals surface area (Å²) in [5.41, 5.74) is 0. The van der Waals surface area contributed by atoms with Crippen LogP contribution in [-0.2, 0) is 14.4 Å². The van der Waals surface area contributed by atoms with Gasteiger partial charge < -0.3 is 10.6 Å². The molecule has 1 fully saturated rings. The third kappa shape index (κ3) is 4.85. The minimum Gasteiger partial charge on any atom is -0.357 e. The Morgan fingerprint density at radius 2 is 1.78 bits per heavy atom. The number of carbonyl (C=O) groups excluding carboxylic acids is 3. The first kappa shape index (κ1) is 16.6. The average Bonchev–Trinajstić information content (AvgIpc) is 2.34. The lowest BCUT2D eigenvalue weighted by molar-refractivity contribution is -0.134. The molecule has 5 nitrogen and oxygen atoms in total. The minimum absolute atomic E-state index is 0. The highest BCUT2D eigenvalue weighted by atomic mass is 16.2. The first-order valence-electron chi connectivity index (χ1n) is 6.12. The van der Waals surface area contributed by atoms with E-state index in [1.807, 2.05) is 0 Å². The van der Waals surface area contributed by atoms with E-state index >= 15 is 0 Å². The van der Waals surface area contributed by atoms with Crippen molar-refractivity contribution in [2.45, 2.75) is 40.0 Å². The molecule has 0 aromatic heterocycles. The van der Waals surface area contributed by atoms with Crippen LogP contribution in [0.2, 0.25) is 0 Å². The van der Waals surface area contributed by atoms with Crippen molar-refractivity contribution in [3.05, 3.63) is 0 Å². The third-order valence-electron chi connectivity index (χ3n) is 3.28. The van der Waals surface area contributed by atoms with Crippen LogP contribution < -0.4 is 10.6 Å². The van der Waals surface area contributed by atoms with E-state index in [0.29, 0.717) is 19.5 Å². The number of ketones is 1. The molecule has 0 bridgehead atoms. The van der Waals surface area contributed by atoms with Gasteiger partial charge in [-0.05, 0) is 19.8 Å². The second-order valence-corrected chi connectivity index (χ2v) is 4.47. The molecular weight excluding hydrogens is 232 g/mol. The molecule has 2 atom stereocenters. The van der Waals surface area contributed by atoms with Gasteiger partial charge in [-0.3, -0.25) is 14.4 Å². The largest absolute Gasteiger partial charge is 0.357 e. The fraction of sp³-hybridized carbons (Fsp3) is 0.769. The molecule has 0 saturated heterocycles. The Morgan fingerprint density at radius 1 is 1.17 bits per heavy atom. The van der Waals surface area contributed by atoms with Crippen molar-refractivity contribution in [3.8, 4) is 0 Å². The zero-order valence-corrected chi connectivity index (χ0v) is 10.2. The lowest BCUT2D eigenvalue weighted by Crippen LogP contribution is -2.41. The molecule has 1 aliphatic rings. The van der Waals surface area contributed by atoms with Crippen molar-refractivity contribution in [2.75, 3.05) is 13.1 Å². The highest BCUT2D eigenvalue weighted by Crippen LogP contribution is 2.30. The van der Waals surface area contributed by atoms with Crippen LogP contribution in [0.25, 0.3) is 0 Å². The van der Waals surface area contributed by atoms with Crippen molar-refractivity contribution in [3.63, 3.8) is 0 Å². The first-order chi connectivity index (χ1) is 8.16. The number of carbonyl (C=O) groups is 3. The molecule has 0 heterocycles. The highest BCUT2D eigenvalue weighted by Gasteiger charge is 2.33. The molecule has 0 aliphatic heterocycles. The Kier molecular flexibility index (Phi) is 8.00. The Hall–Kier alpha value is -1.39. The monoisotopic (exact) mass is 256 g/mol. The van der Waals surface area contributed by atoms with Crippen LogP contribution in [0.1, 0.15) is 40.0 Å². The van der Waals surface area contributed by atoms with Gasteiger partial charge in [0.2, 0.25) is 12.3 Å². The molecule has 1 saturated carbocycles. The SMILES string of the molecule is C.CC(=O)[C@@H]1CCCC[C@@H]1C(=O)NCCNC=O. The Balaban J connectivity index is 0.00000289. The minimum atomic E-state index is -0.183. The molecule has 0 aromatic rings. The lowest BCUT2D eigenvalue weighted by Gasteiger charge is -2.28. The van der Waals surface area contributed by atoms with Crippen LogP contribution in [0.4, 0.5) is 0 Å². The van der Waals surface area contributed by atoms with Crippen LogP contribution in [0.5, 0.6) is 0 Å². The fourth-order valence-electron chi connectivity index (χ4n) is 2.38. The second kappa shape index (κ2) is 8.66. The summed E-state index contributed by atoms with van der Waals surface area (Å²) < 4.78 is 0. The van der Waals surface area contributed by atoms with Gasteiger partial charge in [-0.1, -0.05) is 20.3 Å². The predicted molar refractivity (Wildman–Crippen MR) is 69.9 cm³/mol.